The summed E-state index contributed by atoms with van der Waals surface area (Å²) in [6.45, 7) is 3.87. The van der Waals surface area contributed by atoms with Crippen molar-refractivity contribution in [1.29, 1.82) is 0 Å². The molecule has 0 saturated carbocycles. The van der Waals surface area contributed by atoms with Crippen LogP contribution in [-0.4, -0.2) is 33.7 Å². The average molecular weight is 423 g/mol. The number of rotatable bonds is 10. The zero-order valence-corrected chi connectivity index (χ0v) is 18.0. The van der Waals surface area contributed by atoms with Gasteiger partial charge < -0.3 is 10.1 Å². The van der Waals surface area contributed by atoms with Gasteiger partial charge in [0.2, 0.25) is 15.9 Å². The minimum absolute atomic E-state index is 0.0953. The molecule has 0 bridgehead atoms. The maximum absolute atomic E-state index is 12.5. The number of nitrogens with one attached hydrogen (secondary N) is 2. The molecule has 0 heterocycles. The van der Waals surface area contributed by atoms with Crippen molar-refractivity contribution < 1.29 is 17.9 Å². The summed E-state index contributed by atoms with van der Waals surface area (Å²) in [6.07, 6.45) is 3.97. The quantitative estimate of drug-likeness (QED) is 0.451. The van der Waals surface area contributed by atoms with Crippen molar-refractivity contribution in [3.63, 3.8) is 0 Å². The summed E-state index contributed by atoms with van der Waals surface area (Å²) >= 11 is 1.43. The zero-order valence-electron chi connectivity index (χ0n) is 16.3. The summed E-state index contributed by atoms with van der Waals surface area (Å²) in [5, 5.41) is 2.66. The number of ether oxygens (including phenoxy) is 1. The standard InChI is InChI=1S/C20H26N2O4S2/c1-4-5-16-6-8-17(9-7-16)26-13-12-21-28(24,25)18-10-11-20(27-3)19(14-18)22-15(2)23/h6-11,14,21H,4-5,12-13H2,1-3H3,(H,22,23). The van der Waals surface area contributed by atoms with Crippen LogP contribution in [0.25, 0.3) is 0 Å². The number of thioether (sulfide) groups is 1. The molecule has 2 N–H and O–H groups in total. The largest absolute Gasteiger partial charge is 0.492 e. The van der Waals surface area contributed by atoms with Gasteiger partial charge in [0, 0.05) is 18.4 Å². The summed E-state index contributed by atoms with van der Waals surface area (Å²) in [4.78, 5) is 12.2. The van der Waals surface area contributed by atoms with Crippen LogP contribution in [0.1, 0.15) is 25.8 Å². The molecule has 0 fully saturated rings. The molecule has 6 nitrogen and oxygen atoms in total. The van der Waals surface area contributed by atoms with Crippen LogP contribution in [-0.2, 0) is 21.2 Å². The minimum atomic E-state index is -3.70. The Hall–Kier alpha value is -2.03. The lowest BCUT2D eigenvalue weighted by molar-refractivity contribution is -0.114. The van der Waals surface area contributed by atoms with E-state index in [4.69, 9.17) is 4.74 Å². The van der Waals surface area contributed by atoms with Crippen molar-refractivity contribution >= 4 is 33.4 Å². The van der Waals surface area contributed by atoms with Crippen molar-refractivity contribution in [3.05, 3.63) is 48.0 Å². The van der Waals surface area contributed by atoms with Crippen LogP contribution in [0.3, 0.4) is 0 Å². The number of hydrogen-bond donors (Lipinski definition) is 2. The Morgan fingerprint density at radius 1 is 1.14 bits per heavy atom. The van der Waals surface area contributed by atoms with Crippen molar-refractivity contribution in [2.45, 2.75) is 36.5 Å². The van der Waals surface area contributed by atoms with Gasteiger partial charge in [-0.15, -0.1) is 11.8 Å². The molecule has 0 saturated heterocycles. The molecular formula is C20H26N2O4S2. The van der Waals surface area contributed by atoms with Gasteiger partial charge in [-0.2, -0.15) is 0 Å². The number of anilines is 1. The molecule has 0 atom stereocenters. The summed E-state index contributed by atoms with van der Waals surface area (Å²) in [7, 11) is -3.70. The highest BCUT2D eigenvalue weighted by Crippen LogP contribution is 2.28. The van der Waals surface area contributed by atoms with Crippen LogP contribution in [0.5, 0.6) is 5.75 Å². The Labute approximate surface area is 171 Å². The van der Waals surface area contributed by atoms with Gasteiger partial charge in [-0.05, 0) is 48.6 Å². The van der Waals surface area contributed by atoms with Crippen molar-refractivity contribution in [1.82, 2.24) is 4.72 Å². The second-order valence-corrected chi connectivity index (χ2v) is 8.80. The molecule has 28 heavy (non-hydrogen) atoms. The van der Waals surface area contributed by atoms with Gasteiger partial charge >= 0.3 is 0 Å². The van der Waals surface area contributed by atoms with Crippen LogP contribution >= 0.6 is 11.8 Å². The topological polar surface area (TPSA) is 84.5 Å². The summed E-state index contributed by atoms with van der Waals surface area (Å²) < 4.78 is 33.1. The number of hydrogen-bond acceptors (Lipinski definition) is 5. The van der Waals surface area contributed by atoms with Crippen LogP contribution in [0.2, 0.25) is 0 Å². The van der Waals surface area contributed by atoms with E-state index >= 15 is 0 Å². The molecule has 2 rings (SSSR count). The number of benzene rings is 2. The molecule has 0 aliphatic carbocycles. The van der Waals surface area contributed by atoms with E-state index in [1.54, 1.807) is 6.07 Å². The van der Waals surface area contributed by atoms with E-state index in [1.807, 2.05) is 30.5 Å². The van der Waals surface area contributed by atoms with Gasteiger partial charge in [0.05, 0.1) is 10.6 Å². The fourth-order valence-electron chi connectivity index (χ4n) is 2.61. The van der Waals surface area contributed by atoms with Gasteiger partial charge in [0.25, 0.3) is 0 Å². The Bertz CT molecular complexity index is 897. The highest BCUT2D eigenvalue weighted by molar-refractivity contribution is 7.98. The fourth-order valence-corrected chi connectivity index (χ4v) is 4.18. The summed E-state index contributed by atoms with van der Waals surface area (Å²) in [5.41, 5.74) is 1.73. The smallest absolute Gasteiger partial charge is 0.240 e. The lowest BCUT2D eigenvalue weighted by Gasteiger charge is -2.12. The first-order valence-corrected chi connectivity index (χ1v) is 11.7. The van der Waals surface area contributed by atoms with Crippen LogP contribution < -0.4 is 14.8 Å². The maximum Gasteiger partial charge on any atom is 0.240 e. The van der Waals surface area contributed by atoms with Crippen LogP contribution in [0.4, 0.5) is 5.69 Å². The first kappa shape index (κ1) is 22.3. The van der Waals surface area contributed by atoms with E-state index in [2.05, 4.69) is 17.0 Å². The second kappa shape index (κ2) is 10.5. The third-order valence-corrected chi connectivity index (χ3v) is 6.17. The Kier molecular flexibility index (Phi) is 8.35. The first-order valence-electron chi connectivity index (χ1n) is 9.02. The molecule has 0 aliphatic heterocycles. The van der Waals surface area contributed by atoms with E-state index in [-0.39, 0.29) is 24.0 Å². The molecule has 0 aliphatic rings. The third-order valence-electron chi connectivity index (χ3n) is 3.92. The van der Waals surface area contributed by atoms with Gasteiger partial charge in [0.1, 0.15) is 12.4 Å². The molecule has 2 aromatic carbocycles. The normalized spacial score (nSPS) is 11.2. The molecular weight excluding hydrogens is 396 g/mol. The highest BCUT2D eigenvalue weighted by Gasteiger charge is 2.16. The Morgan fingerprint density at radius 2 is 1.86 bits per heavy atom. The van der Waals surface area contributed by atoms with Gasteiger partial charge in [0.15, 0.2) is 0 Å². The van der Waals surface area contributed by atoms with E-state index < -0.39 is 10.0 Å². The van der Waals surface area contributed by atoms with E-state index in [1.165, 1.54) is 36.4 Å². The summed E-state index contributed by atoms with van der Waals surface area (Å²) in [5.74, 6) is 0.451. The van der Waals surface area contributed by atoms with Crippen molar-refractivity contribution in [2.24, 2.45) is 0 Å². The van der Waals surface area contributed by atoms with Gasteiger partial charge in [-0.1, -0.05) is 25.5 Å². The number of aryl methyl sites for hydroxylation is 1. The minimum Gasteiger partial charge on any atom is -0.492 e. The van der Waals surface area contributed by atoms with Gasteiger partial charge in [-0.25, -0.2) is 13.1 Å². The average Bonchev–Trinajstić information content (AvgIpc) is 2.66. The Morgan fingerprint density at radius 3 is 2.46 bits per heavy atom. The Balaban J connectivity index is 1.95. The predicted octanol–water partition coefficient (Wildman–Crippen LogP) is 3.68. The maximum atomic E-state index is 12.5. The second-order valence-electron chi connectivity index (χ2n) is 6.18. The third kappa shape index (κ3) is 6.54. The van der Waals surface area contributed by atoms with Crippen LogP contribution in [0.15, 0.2) is 52.3 Å². The molecule has 8 heteroatoms. The summed E-state index contributed by atoms with van der Waals surface area (Å²) in [6, 6.07) is 12.5. The van der Waals surface area contributed by atoms with E-state index in [0.717, 1.165) is 17.7 Å². The fraction of sp³-hybridized carbons (Fsp3) is 0.350. The molecule has 0 radical (unpaired) electrons. The molecule has 1 amide bonds. The number of carbonyl (C=O) groups excluding carboxylic acids is 1. The number of amides is 1. The molecule has 152 valence electrons. The lowest BCUT2D eigenvalue weighted by atomic mass is 10.1. The number of sulfonamides is 1. The van der Waals surface area contributed by atoms with E-state index in [9.17, 15) is 13.2 Å². The zero-order chi connectivity index (χ0) is 20.6. The SMILES string of the molecule is CCCc1ccc(OCCNS(=O)(=O)c2ccc(SC)c(NC(C)=O)c2)cc1. The number of carbonyl (C=O) groups is 1. The van der Waals surface area contributed by atoms with E-state index in [0.29, 0.717) is 11.4 Å². The molecule has 0 aromatic heterocycles. The van der Waals surface area contributed by atoms with Gasteiger partial charge in [-0.3, -0.25) is 4.79 Å². The van der Waals surface area contributed by atoms with Crippen molar-refractivity contribution in [2.75, 3.05) is 24.7 Å². The first-order chi connectivity index (χ1) is 13.4. The lowest BCUT2D eigenvalue weighted by Crippen LogP contribution is -2.28. The monoisotopic (exact) mass is 422 g/mol. The molecule has 0 spiro atoms. The van der Waals surface area contributed by atoms with Crippen molar-refractivity contribution in [3.8, 4) is 5.75 Å². The molecule has 2 aromatic rings. The predicted molar refractivity (Wildman–Crippen MR) is 114 cm³/mol. The highest BCUT2D eigenvalue weighted by atomic mass is 32.2. The van der Waals surface area contributed by atoms with Crippen LogP contribution in [0, 0.1) is 0 Å². The molecule has 0 unspecified atom stereocenters.